The van der Waals surface area contributed by atoms with Gasteiger partial charge in [0, 0.05) is 24.1 Å². The third-order valence-electron chi connectivity index (χ3n) is 8.14. The van der Waals surface area contributed by atoms with Gasteiger partial charge in [-0.1, -0.05) is 54.6 Å². The molecule has 1 heterocycles. The second-order valence-corrected chi connectivity index (χ2v) is 11.4. The van der Waals surface area contributed by atoms with E-state index in [4.69, 9.17) is 4.74 Å². The van der Waals surface area contributed by atoms with Crippen LogP contribution in [0.15, 0.2) is 84.0 Å². The first-order valence-electron chi connectivity index (χ1n) is 14.3. The van der Waals surface area contributed by atoms with Crippen LogP contribution in [0.5, 0.6) is 0 Å². The number of anilines is 1. The topological polar surface area (TPSA) is 71.0 Å². The van der Waals surface area contributed by atoms with E-state index >= 15 is 0 Å². The van der Waals surface area contributed by atoms with Gasteiger partial charge in [0.25, 0.3) is 5.91 Å². The average Bonchev–Trinajstić information content (AvgIpc) is 3.71. The van der Waals surface area contributed by atoms with E-state index in [9.17, 15) is 18.4 Å². The summed E-state index contributed by atoms with van der Waals surface area (Å²) in [5.74, 6) is -3.38. The van der Waals surface area contributed by atoms with Crippen LogP contribution in [0.2, 0.25) is 0 Å². The fraction of sp³-hybridized carbons (Fsp3) is 0.364. The van der Waals surface area contributed by atoms with Gasteiger partial charge < -0.3 is 10.1 Å². The highest BCUT2D eigenvalue weighted by molar-refractivity contribution is 5.98. The van der Waals surface area contributed by atoms with Gasteiger partial charge in [0.2, 0.25) is 17.7 Å². The van der Waals surface area contributed by atoms with Crippen molar-refractivity contribution in [3.8, 4) is 0 Å². The number of alkyl halides is 2. The first-order valence-corrected chi connectivity index (χ1v) is 14.3. The minimum Gasteiger partial charge on any atom is -0.466 e. The Bertz CT molecular complexity index is 1440. The minimum atomic E-state index is -2.77. The number of hydrogen-bond donors (Lipinski definition) is 1. The number of rotatable bonds is 9. The summed E-state index contributed by atoms with van der Waals surface area (Å²) in [7, 11) is 0. The van der Waals surface area contributed by atoms with E-state index in [1.807, 2.05) is 72.8 Å². The third-order valence-corrected chi connectivity index (χ3v) is 8.14. The maximum Gasteiger partial charge on any atom is 0.281 e. The summed E-state index contributed by atoms with van der Waals surface area (Å²) in [6.07, 6.45) is 3.24. The molecule has 2 saturated carbocycles. The SMILES string of the molecule is O=C(Nc1cccc(CC2CC2)c1)C(c1ccc(CN2N=C(c3ccccc3)OCC2=O)cc1)C1CCC(F)(F)C1. The van der Waals surface area contributed by atoms with Crippen LogP contribution in [0.4, 0.5) is 14.5 Å². The maximum absolute atomic E-state index is 14.3. The summed E-state index contributed by atoms with van der Waals surface area (Å²) in [6.45, 7) is 0.122. The lowest BCUT2D eigenvalue weighted by Crippen LogP contribution is -2.36. The van der Waals surface area contributed by atoms with Crippen molar-refractivity contribution >= 4 is 23.4 Å². The summed E-state index contributed by atoms with van der Waals surface area (Å²) in [5, 5.41) is 8.79. The summed E-state index contributed by atoms with van der Waals surface area (Å²) in [5.41, 5.74) is 4.14. The fourth-order valence-electron chi connectivity index (χ4n) is 5.81. The van der Waals surface area contributed by atoms with Gasteiger partial charge in [0.15, 0.2) is 6.61 Å². The number of nitrogens with one attached hydrogen (secondary N) is 1. The van der Waals surface area contributed by atoms with Gasteiger partial charge in [-0.2, -0.15) is 0 Å². The van der Waals surface area contributed by atoms with E-state index < -0.39 is 17.8 Å². The number of hydrogen-bond acceptors (Lipinski definition) is 4. The van der Waals surface area contributed by atoms with Crippen LogP contribution in [0, 0.1) is 11.8 Å². The Hall–Kier alpha value is -4.07. The molecule has 212 valence electrons. The number of nitrogens with zero attached hydrogens (tertiary/aromatic N) is 2. The van der Waals surface area contributed by atoms with Crippen LogP contribution in [0.1, 0.15) is 60.3 Å². The molecule has 8 heteroatoms. The zero-order valence-electron chi connectivity index (χ0n) is 22.8. The van der Waals surface area contributed by atoms with Gasteiger partial charge in [-0.3, -0.25) is 9.59 Å². The van der Waals surface area contributed by atoms with Crippen molar-refractivity contribution in [1.82, 2.24) is 5.01 Å². The second kappa shape index (κ2) is 11.4. The molecule has 3 aliphatic rings. The lowest BCUT2D eigenvalue weighted by Gasteiger charge is -2.25. The summed E-state index contributed by atoms with van der Waals surface area (Å²) in [4.78, 5) is 26.1. The summed E-state index contributed by atoms with van der Waals surface area (Å²) in [6, 6.07) is 24.5. The summed E-state index contributed by atoms with van der Waals surface area (Å²) < 4.78 is 34.1. The highest BCUT2D eigenvalue weighted by atomic mass is 19.3. The minimum absolute atomic E-state index is 0.105. The first-order chi connectivity index (χ1) is 19.8. The van der Waals surface area contributed by atoms with E-state index in [1.165, 1.54) is 23.4 Å². The number of halogens is 2. The van der Waals surface area contributed by atoms with E-state index in [0.29, 0.717) is 17.1 Å². The molecule has 6 rings (SSSR count). The zero-order valence-corrected chi connectivity index (χ0v) is 22.8. The Labute approximate surface area is 238 Å². The average molecular weight is 558 g/mol. The Morgan fingerprint density at radius 1 is 1.00 bits per heavy atom. The van der Waals surface area contributed by atoms with Crippen molar-refractivity contribution < 1.29 is 23.1 Å². The predicted octanol–water partition coefficient (Wildman–Crippen LogP) is 6.52. The van der Waals surface area contributed by atoms with E-state index in [2.05, 4.69) is 16.5 Å². The van der Waals surface area contributed by atoms with Gasteiger partial charge >= 0.3 is 0 Å². The molecule has 41 heavy (non-hydrogen) atoms. The van der Waals surface area contributed by atoms with Gasteiger partial charge in [-0.15, -0.1) is 5.10 Å². The molecule has 2 atom stereocenters. The molecular formula is C33H33F2N3O3. The normalized spacial score (nSPS) is 20.7. The van der Waals surface area contributed by atoms with E-state index in [1.54, 1.807) is 0 Å². The van der Waals surface area contributed by atoms with Gasteiger partial charge in [-0.25, -0.2) is 13.8 Å². The van der Waals surface area contributed by atoms with Crippen LogP contribution in [0.3, 0.4) is 0 Å². The van der Waals surface area contributed by atoms with Crippen molar-refractivity contribution in [1.29, 1.82) is 0 Å². The lowest BCUT2D eigenvalue weighted by atomic mass is 9.83. The van der Waals surface area contributed by atoms with Crippen molar-refractivity contribution in [2.75, 3.05) is 11.9 Å². The van der Waals surface area contributed by atoms with E-state index in [0.717, 1.165) is 23.5 Å². The quantitative estimate of drug-likeness (QED) is 0.326. The van der Waals surface area contributed by atoms with Gasteiger partial charge in [-0.05, 0) is 78.5 Å². The highest BCUT2D eigenvalue weighted by Crippen LogP contribution is 2.46. The number of benzene rings is 3. The predicted molar refractivity (Wildman–Crippen MR) is 152 cm³/mol. The largest absolute Gasteiger partial charge is 0.466 e. The van der Waals surface area contributed by atoms with Crippen LogP contribution < -0.4 is 5.32 Å². The number of carbonyl (C=O) groups excluding carboxylic acids is 2. The molecule has 2 amide bonds. The van der Waals surface area contributed by atoms with Crippen LogP contribution in [-0.4, -0.2) is 35.3 Å². The van der Waals surface area contributed by atoms with Crippen molar-refractivity contribution in [3.05, 3.63) is 101 Å². The Morgan fingerprint density at radius 3 is 2.49 bits per heavy atom. The lowest BCUT2D eigenvalue weighted by molar-refractivity contribution is -0.136. The first kappa shape index (κ1) is 27.1. The molecule has 2 fully saturated rings. The summed E-state index contributed by atoms with van der Waals surface area (Å²) >= 11 is 0. The molecule has 0 spiro atoms. The molecule has 1 aliphatic heterocycles. The molecule has 0 bridgehead atoms. The van der Waals surface area contributed by atoms with Crippen LogP contribution >= 0.6 is 0 Å². The number of hydrazone groups is 1. The van der Waals surface area contributed by atoms with Crippen LogP contribution in [-0.2, 0) is 27.3 Å². The molecule has 2 unspecified atom stereocenters. The smallest absolute Gasteiger partial charge is 0.281 e. The van der Waals surface area contributed by atoms with Gasteiger partial charge in [0.05, 0.1) is 12.5 Å². The Kier molecular flexibility index (Phi) is 7.56. The molecular weight excluding hydrogens is 524 g/mol. The zero-order chi connectivity index (χ0) is 28.4. The molecule has 1 N–H and O–H groups in total. The standard InChI is InChI=1S/C33H33F2N3O3/c34-33(35)16-15-27(19-33)30(31(40)36-28-8-4-5-24(18-28)17-22-9-10-22)25-13-11-23(12-14-25)20-38-29(39)21-41-32(37-38)26-6-2-1-3-7-26/h1-8,11-14,18,22,27,30H,9-10,15-17,19-21H2,(H,36,40). The van der Waals surface area contributed by atoms with E-state index in [-0.39, 0.29) is 44.2 Å². The van der Waals surface area contributed by atoms with Crippen molar-refractivity contribution in [2.45, 2.75) is 56.9 Å². The molecule has 3 aromatic carbocycles. The molecule has 0 radical (unpaired) electrons. The third kappa shape index (κ3) is 6.64. The number of amides is 2. The molecule has 0 aromatic heterocycles. The second-order valence-electron chi connectivity index (χ2n) is 11.4. The number of carbonyl (C=O) groups is 2. The monoisotopic (exact) mass is 557 g/mol. The molecule has 3 aromatic rings. The fourth-order valence-corrected chi connectivity index (χ4v) is 5.81. The van der Waals surface area contributed by atoms with Crippen molar-refractivity contribution in [2.24, 2.45) is 16.9 Å². The Morgan fingerprint density at radius 2 is 1.78 bits per heavy atom. The molecule has 0 saturated heterocycles. The highest BCUT2D eigenvalue weighted by Gasteiger charge is 2.45. The molecule has 6 nitrogen and oxygen atoms in total. The molecule has 2 aliphatic carbocycles. The van der Waals surface area contributed by atoms with Gasteiger partial charge in [0.1, 0.15) is 0 Å². The Balaban J connectivity index is 1.20. The van der Waals surface area contributed by atoms with Crippen molar-refractivity contribution in [3.63, 3.8) is 0 Å². The number of ether oxygens (including phenoxy) is 1. The van der Waals surface area contributed by atoms with Crippen LogP contribution in [0.25, 0.3) is 0 Å². The maximum atomic E-state index is 14.3.